The Bertz CT molecular complexity index is 425. The standard InChI is InChI=1S/C10H11F3N2O2/c1-9(2,17)8-7(10(11,12)13)3-6(4-14-8)15-5-16/h3-5,17H,1-2H3,(H,15,16). The highest BCUT2D eigenvalue weighted by atomic mass is 19.4. The number of amides is 1. The predicted molar refractivity (Wildman–Crippen MR) is 54.2 cm³/mol. The van der Waals surface area contributed by atoms with Crippen molar-refractivity contribution in [3.63, 3.8) is 0 Å². The lowest BCUT2D eigenvalue weighted by atomic mass is 9.98. The molecule has 0 aromatic carbocycles. The van der Waals surface area contributed by atoms with Crippen LogP contribution in [0.15, 0.2) is 12.3 Å². The van der Waals surface area contributed by atoms with E-state index in [-0.39, 0.29) is 12.1 Å². The Balaban J connectivity index is 3.37. The minimum Gasteiger partial charge on any atom is -0.384 e. The monoisotopic (exact) mass is 248 g/mol. The van der Waals surface area contributed by atoms with Crippen LogP contribution in [0.5, 0.6) is 0 Å². The molecule has 0 saturated carbocycles. The van der Waals surface area contributed by atoms with Gasteiger partial charge in [0, 0.05) is 0 Å². The van der Waals surface area contributed by atoms with Gasteiger partial charge in [0.15, 0.2) is 0 Å². The number of rotatable bonds is 3. The van der Waals surface area contributed by atoms with Crippen LogP contribution in [0.2, 0.25) is 0 Å². The van der Waals surface area contributed by atoms with Gasteiger partial charge in [-0.1, -0.05) is 0 Å². The quantitative estimate of drug-likeness (QED) is 0.803. The Morgan fingerprint density at radius 1 is 1.41 bits per heavy atom. The number of carbonyl (C=O) groups excluding carboxylic acids is 1. The van der Waals surface area contributed by atoms with Gasteiger partial charge in [-0.25, -0.2) is 0 Å². The fourth-order valence-corrected chi connectivity index (χ4v) is 1.32. The van der Waals surface area contributed by atoms with E-state index in [1.54, 1.807) is 0 Å². The van der Waals surface area contributed by atoms with Crippen molar-refractivity contribution in [3.8, 4) is 0 Å². The lowest BCUT2D eigenvalue weighted by Gasteiger charge is -2.22. The van der Waals surface area contributed by atoms with Gasteiger partial charge in [0.25, 0.3) is 0 Å². The van der Waals surface area contributed by atoms with Crippen molar-refractivity contribution in [3.05, 3.63) is 23.5 Å². The Morgan fingerprint density at radius 3 is 2.41 bits per heavy atom. The van der Waals surface area contributed by atoms with Crippen LogP contribution >= 0.6 is 0 Å². The number of hydrogen-bond acceptors (Lipinski definition) is 3. The van der Waals surface area contributed by atoms with Crippen LogP contribution in [0.1, 0.15) is 25.1 Å². The minimum atomic E-state index is -4.65. The lowest BCUT2D eigenvalue weighted by Crippen LogP contribution is -2.24. The van der Waals surface area contributed by atoms with Gasteiger partial charge in [0.1, 0.15) is 5.60 Å². The van der Waals surface area contributed by atoms with Gasteiger partial charge < -0.3 is 10.4 Å². The fraction of sp³-hybridized carbons (Fsp3) is 0.400. The molecule has 0 radical (unpaired) electrons. The second kappa shape index (κ2) is 4.33. The van der Waals surface area contributed by atoms with Crippen molar-refractivity contribution < 1.29 is 23.1 Å². The average molecular weight is 248 g/mol. The molecule has 0 aliphatic carbocycles. The van der Waals surface area contributed by atoms with Crippen LogP contribution in [0.3, 0.4) is 0 Å². The zero-order valence-corrected chi connectivity index (χ0v) is 9.17. The van der Waals surface area contributed by atoms with Gasteiger partial charge in [-0.15, -0.1) is 0 Å². The summed E-state index contributed by atoms with van der Waals surface area (Å²) >= 11 is 0. The van der Waals surface area contributed by atoms with Crippen molar-refractivity contribution in [2.75, 3.05) is 5.32 Å². The van der Waals surface area contributed by atoms with Crippen LogP contribution in [0.4, 0.5) is 18.9 Å². The maximum Gasteiger partial charge on any atom is 0.418 e. The molecule has 0 atom stereocenters. The molecule has 94 valence electrons. The number of nitrogens with zero attached hydrogens (tertiary/aromatic N) is 1. The van der Waals surface area contributed by atoms with Crippen molar-refractivity contribution in [1.82, 2.24) is 4.98 Å². The van der Waals surface area contributed by atoms with Crippen molar-refractivity contribution in [2.45, 2.75) is 25.6 Å². The van der Waals surface area contributed by atoms with Crippen LogP contribution in [-0.2, 0) is 16.6 Å². The van der Waals surface area contributed by atoms with E-state index in [1.807, 2.05) is 0 Å². The minimum absolute atomic E-state index is 0.0830. The summed E-state index contributed by atoms with van der Waals surface area (Å²) in [6.45, 7) is 2.41. The molecular formula is C10H11F3N2O2. The van der Waals surface area contributed by atoms with E-state index in [4.69, 9.17) is 0 Å². The van der Waals surface area contributed by atoms with Crippen LogP contribution in [0, 0.1) is 0 Å². The third-order valence-corrected chi connectivity index (χ3v) is 2.00. The normalized spacial score (nSPS) is 12.4. The van der Waals surface area contributed by atoms with Crippen LogP contribution in [0.25, 0.3) is 0 Å². The van der Waals surface area contributed by atoms with Gasteiger partial charge in [0.05, 0.1) is 23.1 Å². The Hall–Kier alpha value is -1.63. The first-order valence-electron chi connectivity index (χ1n) is 4.66. The molecule has 1 amide bonds. The molecule has 0 spiro atoms. The highest BCUT2D eigenvalue weighted by molar-refractivity contribution is 5.71. The van der Waals surface area contributed by atoms with Crippen LogP contribution < -0.4 is 5.32 Å². The third-order valence-electron chi connectivity index (χ3n) is 2.00. The highest BCUT2D eigenvalue weighted by Gasteiger charge is 2.38. The van der Waals surface area contributed by atoms with Crippen LogP contribution in [-0.4, -0.2) is 16.5 Å². The molecule has 1 heterocycles. The number of anilines is 1. The van der Waals surface area contributed by atoms with Crippen molar-refractivity contribution in [2.24, 2.45) is 0 Å². The van der Waals surface area contributed by atoms with E-state index in [9.17, 15) is 23.1 Å². The van der Waals surface area contributed by atoms with E-state index < -0.39 is 23.0 Å². The molecule has 0 aliphatic heterocycles. The molecule has 0 fully saturated rings. The summed E-state index contributed by atoms with van der Waals surface area (Å²) in [7, 11) is 0. The summed E-state index contributed by atoms with van der Waals surface area (Å²) in [5, 5.41) is 11.7. The number of alkyl halides is 3. The average Bonchev–Trinajstić information content (AvgIpc) is 2.15. The van der Waals surface area contributed by atoms with Gasteiger partial charge in [0.2, 0.25) is 6.41 Å². The molecule has 1 rings (SSSR count). The predicted octanol–water partition coefficient (Wildman–Crippen LogP) is 1.90. The summed E-state index contributed by atoms with van der Waals surface area (Å²) in [4.78, 5) is 13.7. The first-order chi connectivity index (χ1) is 7.66. The second-order valence-corrected chi connectivity index (χ2v) is 3.94. The molecule has 0 bridgehead atoms. The highest BCUT2D eigenvalue weighted by Crippen LogP contribution is 2.36. The molecule has 7 heteroatoms. The summed E-state index contributed by atoms with van der Waals surface area (Å²) in [6.07, 6.45) is -3.35. The van der Waals surface area contributed by atoms with Gasteiger partial charge in [-0.05, 0) is 19.9 Å². The van der Waals surface area contributed by atoms with E-state index in [1.165, 1.54) is 13.8 Å². The molecule has 1 aromatic rings. The zero-order valence-electron chi connectivity index (χ0n) is 9.17. The van der Waals surface area contributed by atoms with Gasteiger partial charge in [-0.3, -0.25) is 9.78 Å². The van der Waals surface area contributed by atoms with Crippen molar-refractivity contribution in [1.29, 1.82) is 0 Å². The molecule has 17 heavy (non-hydrogen) atoms. The molecule has 1 aromatic heterocycles. The first kappa shape index (κ1) is 13.4. The summed E-state index contributed by atoms with van der Waals surface area (Å²) in [5.41, 5.74) is -3.36. The molecule has 2 N–H and O–H groups in total. The summed E-state index contributed by atoms with van der Waals surface area (Å²) in [5.74, 6) is 0. The van der Waals surface area contributed by atoms with E-state index in [2.05, 4.69) is 10.3 Å². The number of aliphatic hydroxyl groups is 1. The number of halogens is 3. The molecule has 0 aliphatic rings. The Kier molecular flexibility index (Phi) is 3.42. The van der Waals surface area contributed by atoms with Gasteiger partial charge >= 0.3 is 6.18 Å². The molecule has 0 saturated heterocycles. The SMILES string of the molecule is CC(C)(O)c1ncc(NC=O)cc1C(F)(F)F. The fourth-order valence-electron chi connectivity index (χ4n) is 1.32. The Morgan fingerprint density at radius 2 is 2.00 bits per heavy atom. The smallest absolute Gasteiger partial charge is 0.384 e. The summed E-state index contributed by atoms with van der Waals surface area (Å²) in [6, 6.07) is 0.731. The van der Waals surface area contributed by atoms with Gasteiger partial charge in [-0.2, -0.15) is 13.2 Å². The maximum atomic E-state index is 12.7. The zero-order chi connectivity index (χ0) is 13.3. The molecule has 4 nitrogen and oxygen atoms in total. The topological polar surface area (TPSA) is 62.2 Å². The largest absolute Gasteiger partial charge is 0.418 e. The molecular weight excluding hydrogens is 237 g/mol. The van der Waals surface area contributed by atoms with E-state index in [0.29, 0.717) is 0 Å². The second-order valence-electron chi connectivity index (χ2n) is 3.94. The summed E-state index contributed by atoms with van der Waals surface area (Å²) < 4.78 is 38.2. The van der Waals surface area contributed by atoms with Crippen molar-refractivity contribution >= 4 is 12.1 Å². The number of carbonyl (C=O) groups is 1. The number of aromatic nitrogens is 1. The Labute approximate surface area is 95.5 Å². The van der Waals surface area contributed by atoms with E-state index in [0.717, 1.165) is 12.3 Å². The lowest BCUT2D eigenvalue weighted by molar-refractivity contribution is -0.140. The van der Waals surface area contributed by atoms with E-state index >= 15 is 0 Å². The number of pyridine rings is 1. The third kappa shape index (κ3) is 3.16. The number of hydrogen-bond donors (Lipinski definition) is 2. The first-order valence-corrected chi connectivity index (χ1v) is 4.66. The molecule has 0 unspecified atom stereocenters. The maximum absolute atomic E-state index is 12.7. The number of nitrogens with one attached hydrogen (secondary N) is 1.